The summed E-state index contributed by atoms with van der Waals surface area (Å²) in [5, 5.41) is 0. The summed E-state index contributed by atoms with van der Waals surface area (Å²) < 4.78 is 6.99. The van der Waals surface area contributed by atoms with E-state index < -0.39 is 0 Å². The molecule has 16 heavy (non-hydrogen) atoms. The molecule has 0 aromatic heterocycles. The third kappa shape index (κ3) is 4.56. The van der Waals surface area contributed by atoms with Crippen LogP contribution < -0.4 is 4.74 Å². The number of hydrogen-bond donors (Lipinski definition) is 0. The van der Waals surface area contributed by atoms with E-state index in [-0.39, 0.29) is 0 Å². The van der Waals surface area contributed by atoms with Gasteiger partial charge in [-0.25, -0.2) is 0 Å². The minimum absolute atomic E-state index is 0.449. The van der Waals surface area contributed by atoms with E-state index in [0.29, 0.717) is 6.10 Å². The molecule has 2 rings (SSSR count). The lowest BCUT2D eigenvalue weighted by atomic mass is 9.98. The monoisotopic (exact) mass is 284 g/mol. The highest BCUT2D eigenvalue weighted by atomic mass is 79.9. The molecule has 90 valence electrons. The highest BCUT2D eigenvalue weighted by molar-refractivity contribution is 9.10. The van der Waals surface area contributed by atoms with Gasteiger partial charge in [0.25, 0.3) is 0 Å². The lowest BCUT2D eigenvalue weighted by Gasteiger charge is -2.22. The molecular weight excluding hydrogens is 264 g/mol. The van der Waals surface area contributed by atoms with Crippen molar-refractivity contribution in [2.75, 3.05) is 0 Å². The molecule has 0 amide bonds. The quantitative estimate of drug-likeness (QED) is 0.726. The maximum absolute atomic E-state index is 5.89. The zero-order valence-corrected chi connectivity index (χ0v) is 11.8. The first-order chi connectivity index (χ1) is 7.84. The molecule has 1 saturated carbocycles. The Labute approximate surface area is 107 Å². The molecule has 1 fully saturated rings. The minimum Gasteiger partial charge on any atom is -0.490 e. The molecule has 0 bridgehead atoms. The average molecular weight is 285 g/mol. The van der Waals surface area contributed by atoms with Gasteiger partial charge >= 0.3 is 0 Å². The molecule has 1 aromatic carbocycles. The van der Waals surface area contributed by atoms with Gasteiger partial charge in [0.15, 0.2) is 0 Å². The SMILES string of the molecule is Brc1ccc(OC2CCCCC2)cc1.CC. The molecule has 0 aliphatic heterocycles. The van der Waals surface area contributed by atoms with Crippen LogP contribution in [-0.4, -0.2) is 6.10 Å². The molecule has 0 N–H and O–H groups in total. The van der Waals surface area contributed by atoms with Gasteiger partial charge in [-0.2, -0.15) is 0 Å². The zero-order valence-electron chi connectivity index (χ0n) is 10.2. The van der Waals surface area contributed by atoms with Crippen molar-refractivity contribution >= 4 is 15.9 Å². The van der Waals surface area contributed by atoms with Gasteiger partial charge in [0.1, 0.15) is 5.75 Å². The molecule has 0 saturated heterocycles. The van der Waals surface area contributed by atoms with Gasteiger partial charge in [0.05, 0.1) is 6.10 Å². The first-order valence-corrected chi connectivity index (χ1v) is 7.06. The smallest absolute Gasteiger partial charge is 0.119 e. The zero-order chi connectivity index (χ0) is 11.8. The van der Waals surface area contributed by atoms with E-state index in [2.05, 4.69) is 15.9 Å². The van der Waals surface area contributed by atoms with E-state index in [9.17, 15) is 0 Å². The van der Waals surface area contributed by atoms with Crippen molar-refractivity contribution in [1.82, 2.24) is 0 Å². The maximum Gasteiger partial charge on any atom is 0.119 e. The van der Waals surface area contributed by atoms with Crippen LogP contribution in [-0.2, 0) is 0 Å². The molecule has 0 atom stereocenters. The molecule has 0 unspecified atom stereocenters. The van der Waals surface area contributed by atoms with Gasteiger partial charge in [-0.15, -0.1) is 0 Å². The predicted octanol–water partition coefficient (Wildman–Crippen LogP) is 5.19. The Morgan fingerprint density at radius 2 is 1.56 bits per heavy atom. The molecule has 1 aliphatic carbocycles. The van der Waals surface area contributed by atoms with Crippen LogP contribution in [0.5, 0.6) is 5.75 Å². The highest BCUT2D eigenvalue weighted by Gasteiger charge is 2.14. The van der Waals surface area contributed by atoms with Gasteiger partial charge in [-0.1, -0.05) is 36.2 Å². The average Bonchev–Trinajstić information content (AvgIpc) is 2.36. The molecule has 0 heterocycles. The molecule has 0 radical (unpaired) electrons. The Morgan fingerprint density at radius 1 is 1.00 bits per heavy atom. The van der Waals surface area contributed by atoms with Gasteiger partial charge in [0, 0.05) is 4.47 Å². The van der Waals surface area contributed by atoms with Crippen molar-refractivity contribution in [3.05, 3.63) is 28.7 Å². The van der Waals surface area contributed by atoms with Crippen LogP contribution in [0.4, 0.5) is 0 Å². The van der Waals surface area contributed by atoms with Crippen LogP contribution in [0.2, 0.25) is 0 Å². The second-order valence-electron chi connectivity index (χ2n) is 3.83. The normalized spacial score (nSPS) is 16.2. The van der Waals surface area contributed by atoms with Gasteiger partial charge in [-0.3, -0.25) is 0 Å². The van der Waals surface area contributed by atoms with Crippen molar-refractivity contribution < 1.29 is 4.74 Å². The first-order valence-electron chi connectivity index (χ1n) is 6.27. The standard InChI is InChI=1S/C12H15BrO.C2H6/c13-10-6-8-12(9-7-10)14-11-4-2-1-3-5-11;1-2/h6-9,11H,1-5H2;1-2H3. The second-order valence-corrected chi connectivity index (χ2v) is 4.75. The molecular formula is C14H21BrO. The number of benzene rings is 1. The van der Waals surface area contributed by atoms with Crippen LogP contribution in [0.1, 0.15) is 46.0 Å². The minimum atomic E-state index is 0.449. The summed E-state index contributed by atoms with van der Waals surface area (Å²) in [5.74, 6) is 1.00. The molecule has 1 nitrogen and oxygen atoms in total. The fourth-order valence-corrected chi connectivity index (χ4v) is 2.15. The van der Waals surface area contributed by atoms with E-state index in [1.54, 1.807) is 0 Å². The number of halogens is 1. The van der Waals surface area contributed by atoms with Crippen molar-refractivity contribution in [1.29, 1.82) is 0 Å². The van der Waals surface area contributed by atoms with E-state index in [1.807, 2.05) is 38.1 Å². The third-order valence-corrected chi connectivity index (χ3v) is 3.20. The lowest BCUT2D eigenvalue weighted by Crippen LogP contribution is -2.19. The van der Waals surface area contributed by atoms with Crippen LogP contribution in [0, 0.1) is 0 Å². The molecule has 2 heteroatoms. The van der Waals surface area contributed by atoms with Crippen LogP contribution >= 0.6 is 15.9 Å². The Morgan fingerprint density at radius 3 is 2.12 bits per heavy atom. The van der Waals surface area contributed by atoms with Crippen molar-refractivity contribution in [2.45, 2.75) is 52.1 Å². The summed E-state index contributed by atoms with van der Waals surface area (Å²) in [5.41, 5.74) is 0. The van der Waals surface area contributed by atoms with Gasteiger partial charge < -0.3 is 4.74 Å². The number of hydrogen-bond acceptors (Lipinski definition) is 1. The van der Waals surface area contributed by atoms with Crippen molar-refractivity contribution in [3.63, 3.8) is 0 Å². The fourth-order valence-electron chi connectivity index (χ4n) is 1.89. The third-order valence-electron chi connectivity index (χ3n) is 2.67. The van der Waals surface area contributed by atoms with Crippen molar-refractivity contribution in [2.24, 2.45) is 0 Å². The van der Waals surface area contributed by atoms with E-state index in [0.717, 1.165) is 10.2 Å². The summed E-state index contributed by atoms with van der Waals surface area (Å²) in [6, 6.07) is 8.10. The first kappa shape index (κ1) is 13.6. The maximum atomic E-state index is 5.89. The summed E-state index contributed by atoms with van der Waals surface area (Å²) in [4.78, 5) is 0. The van der Waals surface area contributed by atoms with Crippen LogP contribution in [0.25, 0.3) is 0 Å². The van der Waals surface area contributed by atoms with Gasteiger partial charge in [-0.05, 0) is 49.9 Å². The molecule has 1 aromatic rings. The predicted molar refractivity (Wildman–Crippen MR) is 73.0 cm³/mol. The number of ether oxygens (including phenoxy) is 1. The topological polar surface area (TPSA) is 9.23 Å². The molecule has 0 spiro atoms. The van der Waals surface area contributed by atoms with Crippen LogP contribution in [0.3, 0.4) is 0 Å². The van der Waals surface area contributed by atoms with Crippen LogP contribution in [0.15, 0.2) is 28.7 Å². The number of rotatable bonds is 2. The summed E-state index contributed by atoms with van der Waals surface area (Å²) >= 11 is 3.42. The Bertz CT molecular complexity index is 275. The summed E-state index contributed by atoms with van der Waals surface area (Å²) in [6.45, 7) is 4.00. The van der Waals surface area contributed by atoms with E-state index >= 15 is 0 Å². The Kier molecular flexibility index (Phi) is 6.55. The van der Waals surface area contributed by atoms with E-state index in [4.69, 9.17) is 4.74 Å². The fraction of sp³-hybridized carbons (Fsp3) is 0.571. The lowest BCUT2D eigenvalue weighted by molar-refractivity contribution is 0.155. The largest absolute Gasteiger partial charge is 0.490 e. The Balaban J connectivity index is 0.000000606. The summed E-state index contributed by atoms with van der Waals surface area (Å²) in [7, 11) is 0. The molecule has 1 aliphatic rings. The second kappa shape index (κ2) is 7.72. The van der Waals surface area contributed by atoms with Crippen molar-refractivity contribution in [3.8, 4) is 5.75 Å². The van der Waals surface area contributed by atoms with E-state index in [1.165, 1.54) is 32.1 Å². The summed E-state index contributed by atoms with van der Waals surface area (Å²) in [6.07, 6.45) is 6.90. The van der Waals surface area contributed by atoms with Gasteiger partial charge in [0.2, 0.25) is 0 Å². The highest BCUT2D eigenvalue weighted by Crippen LogP contribution is 2.24. The Hall–Kier alpha value is -0.500.